The first-order valence-corrected chi connectivity index (χ1v) is 10.9. The summed E-state index contributed by atoms with van der Waals surface area (Å²) in [6.07, 6.45) is 2.38. The van der Waals surface area contributed by atoms with E-state index in [0.29, 0.717) is 31.7 Å². The number of rotatable bonds is 5. The van der Waals surface area contributed by atoms with Crippen LogP contribution < -0.4 is 10.2 Å². The van der Waals surface area contributed by atoms with Gasteiger partial charge < -0.3 is 10.0 Å². The molecule has 0 unspecified atom stereocenters. The van der Waals surface area contributed by atoms with Crippen LogP contribution in [0.1, 0.15) is 23.2 Å². The van der Waals surface area contributed by atoms with Gasteiger partial charge in [-0.05, 0) is 31.0 Å². The summed E-state index contributed by atoms with van der Waals surface area (Å²) in [4.78, 5) is 34.1. The van der Waals surface area contributed by atoms with Crippen LogP contribution in [-0.2, 0) is 4.79 Å². The Morgan fingerprint density at radius 3 is 2.62 bits per heavy atom. The first kappa shape index (κ1) is 22.1. The maximum absolute atomic E-state index is 14.0. The summed E-state index contributed by atoms with van der Waals surface area (Å²) in [5.41, 5.74) is 0.617. The van der Waals surface area contributed by atoms with Gasteiger partial charge in [-0.2, -0.15) is 0 Å². The van der Waals surface area contributed by atoms with Crippen molar-refractivity contribution in [3.05, 3.63) is 58.1 Å². The van der Waals surface area contributed by atoms with Gasteiger partial charge in [0.25, 0.3) is 5.91 Å². The van der Waals surface area contributed by atoms with Crippen molar-refractivity contribution in [2.75, 3.05) is 23.3 Å². The molecule has 32 heavy (non-hydrogen) atoms. The first-order chi connectivity index (χ1) is 15.3. The van der Waals surface area contributed by atoms with Crippen LogP contribution in [0.2, 0.25) is 5.02 Å². The predicted molar refractivity (Wildman–Crippen MR) is 117 cm³/mol. The molecule has 1 saturated heterocycles. The minimum atomic E-state index is -0.803. The highest BCUT2D eigenvalue weighted by molar-refractivity contribution is 7.14. The SMILES string of the molecule is O=C(Nc1nc(-c2ccc(F)cc2F)cs1)c1cnc(N2CCC(C(=O)O)CC2)c(Cl)c1. The number of anilines is 2. The number of nitrogens with zero attached hydrogens (tertiary/aromatic N) is 3. The van der Waals surface area contributed by atoms with E-state index in [1.54, 1.807) is 5.38 Å². The van der Waals surface area contributed by atoms with Crippen LogP contribution in [-0.4, -0.2) is 40.0 Å². The number of carbonyl (C=O) groups excluding carboxylic acids is 1. The topological polar surface area (TPSA) is 95.4 Å². The molecule has 1 aliphatic rings. The number of pyridine rings is 1. The number of carboxylic acid groups (broad SMARTS) is 1. The molecule has 0 aliphatic carbocycles. The number of nitrogens with one attached hydrogen (secondary N) is 1. The molecule has 0 atom stereocenters. The number of aromatic nitrogens is 2. The molecule has 3 aromatic rings. The minimum absolute atomic E-state index is 0.129. The van der Waals surface area contributed by atoms with Gasteiger partial charge in [0.2, 0.25) is 0 Å². The first-order valence-electron chi connectivity index (χ1n) is 9.67. The van der Waals surface area contributed by atoms with Crippen LogP contribution in [0.4, 0.5) is 19.7 Å². The van der Waals surface area contributed by atoms with E-state index < -0.39 is 23.5 Å². The van der Waals surface area contributed by atoms with Gasteiger partial charge in [-0.15, -0.1) is 11.3 Å². The van der Waals surface area contributed by atoms with Crippen LogP contribution in [0.3, 0.4) is 0 Å². The molecule has 0 saturated carbocycles. The number of hydrogen-bond donors (Lipinski definition) is 2. The average Bonchev–Trinajstić information content (AvgIpc) is 3.21. The smallest absolute Gasteiger partial charge is 0.306 e. The summed E-state index contributed by atoms with van der Waals surface area (Å²) in [6, 6.07) is 4.67. The number of hydrogen-bond acceptors (Lipinski definition) is 6. The second-order valence-corrected chi connectivity index (χ2v) is 8.51. The van der Waals surface area contributed by atoms with Crippen molar-refractivity contribution in [1.29, 1.82) is 0 Å². The number of thiazole rings is 1. The average molecular weight is 479 g/mol. The molecule has 1 fully saturated rings. The summed E-state index contributed by atoms with van der Waals surface area (Å²) in [5.74, 6) is -2.60. The zero-order valence-electron chi connectivity index (χ0n) is 16.5. The largest absolute Gasteiger partial charge is 0.481 e. The molecular weight excluding hydrogens is 462 g/mol. The van der Waals surface area contributed by atoms with Crippen LogP contribution in [0, 0.1) is 17.6 Å². The lowest BCUT2D eigenvalue weighted by Crippen LogP contribution is -2.37. The number of halogens is 3. The zero-order valence-corrected chi connectivity index (χ0v) is 18.1. The van der Waals surface area contributed by atoms with Gasteiger partial charge in [0.15, 0.2) is 5.13 Å². The van der Waals surface area contributed by atoms with Gasteiger partial charge in [0, 0.05) is 36.3 Å². The van der Waals surface area contributed by atoms with Crippen molar-refractivity contribution in [3.8, 4) is 11.3 Å². The lowest BCUT2D eigenvalue weighted by atomic mass is 9.97. The minimum Gasteiger partial charge on any atom is -0.481 e. The third kappa shape index (κ3) is 4.71. The van der Waals surface area contributed by atoms with Crippen molar-refractivity contribution < 1.29 is 23.5 Å². The van der Waals surface area contributed by atoms with Gasteiger partial charge in [-0.3, -0.25) is 14.9 Å². The zero-order chi connectivity index (χ0) is 22.8. The van der Waals surface area contributed by atoms with E-state index >= 15 is 0 Å². The Morgan fingerprint density at radius 1 is 1.22 bits per heavy atom. The van der Waals surface area contributed by atoms with Crippen molar-refractivity contribution in [2.24, 2.45) is 5.92 Å². The molecule has 0 bridgehead atoms. The molecule has 2 aromatic heterocycles. The molecule has 0 spiro atoms. The second-order valence-electron chi connectivity index (χ2n) is 7.25. The van der Waals surface area contributed by atoms with Crippen LogP contribution in [0.5, 0.6) is 0 Å². The lowest BCUT2D eigenvalue weighted by Gasteiger charge is -2.31. The maximum atomic E-state index is 14.0. The Balaban J connectivity index is 1.44. The molecular formula is C21H17ClF2N4O3S. The van der Waals surface area contributed by atoms with E-state index in [-0.39, 0.29) is 32.9 Å². The molecule has 2 N–H and O–H groups in total. The number of amides is 1. The third-order valence-electron chi connectivity index (χ3n) is 5.16. The summed E-state index contributed by atoms with van der Waals surface area (Å²) >= 11 is 7.44. The molecule has 1 aliphatic heterocycles. The highest BCUT2D eigenvalue weighted by Crippen LogP contribution is 2.30. The normalized spacial score (nSPS) is 14.4. The number of piperidine rings is 1. The van der Waals surface area contributed by atoms with Crippen LogP contribution >= 0.6 is 22.9 Å². The van der Waals surface area contributed by atoms with Gasteiger partial charge in [0.05, 0.1) is 22.2 Å². The van der Waals surface area contributed by atoms with Crippen LogP contribution in [0.15, 0.2) is 35.8 Å². The third-order valence-corrected chi connectivity index (χ3v) is 6.20. The number of carboxylic acids is 1. The molecule has 11 heteroatoms. The summed E-state index contributed by atoms with van der Waals surface area (Å²) < 4.78 is 27.0. The Hall–Kier alpha value is -3.11. The van der Waals surface area contributed by atoms with Gasteiger partial charge in [-0.1, -0.05) is 11.6 Å². The fourth-order valence-electron chi connectivity index (χ4n) is 3.45. The summed E-state index contributed by atoms with van der Waals surface area (Å²) in [5, 5.41) is 13.8. The monoisotopic (exact) mass is 478 g/mol. The summed E-state index contributed by atoms with van der Waals surface area (Å²) in [6.45, 7) is 1.02. The fourth-order valence-corrected chi connectivity index (χ4v) is 4.44. The molecule has 3 heterocycles. The molecule has 4 rings (SSSR count). The van der Waals surface area contributed by atoms with Gasteiger partial charge in [-0.25, -0.2) is 18.7 Å². The van der Waals surface area contributed by atoms with Crippen molar-refractivity contribution >= 4 is 45.8 Å². The predicted octanol–water partition coefficient (Wildman–Crippen LogP) is 4.69. The number of carbonyl (C=O) groups is 2. The van der Waals surface area contributed by atoms with Crippen molar-refractivity contribution in [2.45, 2.75) is 12.8 Å². The Morgan fingerprint density at radius 2 is 1.97 bits per heavy atom. The van der Waals surface area contributed by atoms with Crippen molar-refractivity contribution in [3.63, 3.8) is 0 Å². The van der Waals surface area contributed by atoms with E-state index in [1.165, 1.54) is 18.3 Å². The fraction of sp³-hybridized carbons (Fsp3) is 0.238. The maximum Gasteiger partial charge on any atom is 0.306 e. The van der Waals surface area contributed by atoms with Crippen LogP contribution in [0.25, 0.3) is 11.3 Å². The van der Waals surface area contributed by atoms with Gasteiger partial charge in [0.1, 0.15) is 17.5 Å². The Kier molecular flexibility index (Phi) is 6.33. The van der Waals surface area contributed by atoms with E-state index in [0.717, 1.165) is 23.5 Å². The van der Waals surface area contributed by atoms with Gasteiger partial charge >= 0.3 is 5.97 Å². The van der Waals surface area contributed by atoms with E-state index in [2.05, 4.69) is 15.3 Å². The summed E-state index contributed by atoms with van der Waals surface area (Å²) in [7, 11) is 0. The molecule has 7 nitrogen and oxygen atoms in total. The standard InChI is InChI=1S/C21H17ClF2N4O3S/c22-15-7-12(9-25-18(15)28-5-3-11(4-6-28)20(30)31)19(29)27-21-26-17(10-32-21)14-2-1-13(23)8-16(14)24/h1-2,7-11H,3-6H2,(H,30,31)(H,26,27,29). The van der Waals surface area contributed by atoms with Crippen molar-refractivity contribution in [1.82, 2.24) is 9.97 Å². The molecule has 1 amide bonds. The van der Waals surface area contributed by atoms with E-state index in [4.69, 9.17) is 16.7 Å². The quantitative estimate of drug-likeness (QED) is 0.552. The Bertz CT molecular complexity index is 1180. The molecule has 166 valence electrons. The number of aliphatic carboxylic acids is 1. The molecule has 0 radical (unpaired) electrons. The van der Waals surface area contributed by atoms with E-state index in [9.17, 15) is 18.4 Å². The molecule has 1 aromatic carbocycles. The highest BCUT2D eigenvalue weighted by atomic mass is 35.5. The highest BCUT2D eigenvalue weighted by Gasteiger charge is 2.26. The lowest BCUT2D eigenvalue weighted by molar-refractivity contribution is -0.142. The number of benzene rings is 1. The Labute approximate surface area is 190 Å². The van der Waals surface area contributed by atoms with E-state index in [1.807, 2.05) is 4.90 Å². The second kappa shape index (κ2) is 9.17.